The molecule has 0 saturated heterocycles. The molecule has 0 aromatic carbocycles. The molecule has 0 fully saturated rings. The molecule has 17 heteroatoms. The standard InChI is InChI=1S/C8HF15O2/c9-2(10,1(24)25)5(13,14)3(11,6(15,16)17)4(12,7(18,19)20)8(21,22)23/h(H,24,25). The highest BCUT2D eigenvalue weighted by Crippen LogP contribution is 2.65. The van der Waals surface area contributed by atoms with Crippen molar-refractivity contribution < 1.29 is 75.8 Å². The number of aliphatic carboxylic acids is 1. The second-order valence-electron chi connectivity index (χ2n) is 4.26. The van der Waals surface area contributed by atoms with Gasteiger partial charge in [0.25, 0.3) is 0 Å². The Kier molecular flexibility index (Phi) is 5.11. The number of carboxylic acids is 1. The molecule has 0 heterocycles. The predicted octanol–water partition coefficient (Wildman–Crippen LogP) is 4.45. The molecule has 0 aromatic rings. The fourth-order valence-electron chi connectivity index (χ4n) is 1.49. The maximum Gasteiger partial charge on any atom is 0.435 e. The Morgan fingerprint density at radius 1 is 0.520 bits per heavy atom. The van der Waals surface area contributed by atoms with E-state index in [1.807, 2.05) is 0 Å². The van der Waals surface area contributed by atoms with Crippen LogP contribution in [0.15, 0.2) is 0 Å². The molecule has 0 rings (SSSR count). The number of hydrogen-bond donors (Lipinski definition) is 1. The Hall–Kier alpha value is -1.58. The van der Waals surface area contributed by atoms with Crippen molar-refractivity contribution in [3.8, 4) is 0 Å². The quantitative estimate of drug-likeness (QED) is 0.691. The minimum absolute atomic E-state index is 4.45. The monoisotopic (exact) mass is 414 g/mol. The fourth-order valence-corrected chi connectivity index (χ4v) is 1.49. The third kappa shape index (κ3) is 2.74. The zero-order valence-corrected chi connectivity index (χ0v) is 10.5. The molecule has 0 radical (unpaired) electrons. The van der Waals surface area contributed by atoms with E-state index >= 15 is 0 Å². The first-order valence-corrected chi connectivity index (χ1v) is 5.01. The summed E-state index contributed by atoms with van der Waals surface area (Å²) in [7, 11) is 0. The van der Waals surface area contributed by atoms with Crippen molar-refractivity contribution in [2.45, 2.75) is 41.7 Å². The van der Waals surface area contributed by atoms with Crippen LogP contribution in [0.4, 0.5) is 65.9 Å². The number of alkyl halides is 15. The van der Waals surface area contributed by atoms with E-state index in [4.69, 9.17) is 5.11 Å². The summed E-state index contributed by atoms with van der Waals surface area (Å²) < 4.78 is 188. The molecule has 0 spiro atoms. The van der Waals surface area contributed by atoms with Crippen molar-refractivity contribution >= 4 is 5.97 Å². The van der Waals surface area contributed by atoms with Crippen LogP contribution in [0.3, 0.4) is 0 Å². The average Bonchev–Trinajstić information content (AvgIpc) is 2.31. The van der Waals surface area contributed by atoms with Crippen molar-refractivity contribution in [3.05, 3.63) is 0 Å². The minimum Gasteiger partial charge on any atom is -0.477 e. The smallest absolute Gasteiger partial charge is 0.435 e. The molecule has 1 atom stereocenters. The van der Waals surface area contributed by atoms with Gasteiger partial charge in [0.15, 0.2) is 0 Å². The van der Waals surface area contributed by atoms with Crippen LogP contribution in [0.5, 0.6) is 0 Å². The highest BCUT2D eigenvalue weighted by Gasteiger charge is 2.99. The van der Waals surface area contributed by atoms with Crippen molar-refractivity contribution in [1.29, 1.82) is 0 Å². The van der Waals surface area contributed by atoms with Gasteiger partial charge in [-0.05, 0) is 0 Å². The normalized spacial score (nSPS) is 18.0. The second-order valence-corrected chi connectivity index (χ2v) is 4.26. The molecule has 150 valence electrons. The van der Waals surface area contributed by atoms with Crippen LogP contribution < -0.4 is 0 Å². The van der Waals surface area contributed by atoms with E-state index in [9.17, 15) is 70.7 Å². The van der Waals surface area contributed by atoms with Gasteiger partial charge in [0.2, 0.25) is 0 Å². The number of rotatable bonds is 4. The summed E-state index contributed by atoms with van der Waals surface area (Å²) in [6.07, 6.45) is -24.7. The van der Waals surface area contributed by atoms with E-state index < -0.39 is 47.7 Å². The first-order chi connectivity index (χ1) is 10.4. The average molecular weight is 414 g/mol. The molecule has 0 aliphatic rings. The van der Waals surface area contributed by atoms with Gasteiger partial charge in [-0.1, -0.05) is 0 Å². The maximum atomic E-state index is 13.5. The van der Waals surface area contributed by atoms with Crippen molar-refractivity contribution in [2.24, 2.45) is 0 Å². The van der Waals surface area contributed by atoms with Crippen molar-refractivity contribution in [1.82, 2.24) is 0 Å². The molecular formula is C8HF15O2. The molecule has 1 N–H and O–H groups in total. The molecule has 25 heavy (non-hydrogen) atoms. The highest BCUT2D eigenvalue weighted by molar-refractivity contribution is 5.77. The fraction of sp³-hybridized carbons (Fsp3) is 0.875. The Balaban J connectivity index is 7.32. The van der Waals surface area contributed by atoms with Crippen LogP contribution in [0.2, 0.25) is 0 Å². The summed E-state index contributed by atoms with van der Waals surface area (Å²) in [5.41, 5.74) is -17.4. The van der Waals surface area contributed by atoms with E-state index in [-0.39, 0.29) is 0 Å². The van der Waals surface area contributed by atoms with Crippen LogP contribution in [0.1, 0.15) is 0 Å². The zero-order valence-electron chi connectivity index (χ0n) is 10.5. The number of carbonyl (C=O) groups is 1. The predicted molar refractivity (Wildman–Crippen MR) is 43.4 cm³/mol. The van der Waals surface area contributed by atoms with Gasteiger partial charge in [0.1, 0.15) is 0 Å². The lowest BCUT2D eigenvalue weighted by atomic mass is 9.76. The Morgan fingerprint density at radius 3 is 0.920 bits per heavy atom. The third-order valence-corrected chi connectivity index (χ3v) is 2.74. The van der Waals surface area contributed by atoms with E-state index in [1.165, 1.54) is 0 Å². The van der Waals surface area contributed by atoms with Gasteiger partial charge < -0.3 is 5.11 Å². The SMILES string of the molecule is O=C(O)C(F)(F)C(F)(F)C(F)(C(F)(F)F)C(F)(C(F)(F)F)C(F)(F)F. The molecule has 1 unspecified atom stereocenters. The summed E-state index contributed by atoms with van der Waals surface area (Å²) in [4.78, 5) is 9.82. The number of halogens is 15. The number of hydrogen-bond acceptors (Lipinski definition) is 1. The van der Waals surface area contributed by atoms with E-state index in [0.29, 0.717) is 0 Å². The van der Waals surface area contributed by atoms with Gasteiger partial charge in [-0.15, -0.1) is 0 Å². The third-order valence-electron chi connectivity index (χ3n) is 2.74. The van der Waals surface area contributed by atoms with Gasteiger partial charge in [-0.3, -0.25) is 0 Å². The van der Waals surface area contributed by atoms with Gasteiger partial charge >= 0.3 is 47.7 Å². The van der Waals surface area contributed by atoms with Crippen LogP contribution in [-0.2, 0) is 4.79 Å². The molecule has 2 nitrogen and oxygen atoms in total. The Labute approximate surface area is 125 Å². The second kappa shape index (κ2) is 5.46. The summed E-state index contributed by atoms with van der Waals surface area (Å²) >= 11 is 0. The summed E-state index contributed by atoms with van der Waals surface area (Å²) in [5.74, 6) is -20.4. The van der Waals surface area contributed by atoms with E-state index in [1.54, 1.807) is 0 Å². The molecular weight excluding hydrogens is 413 g/mol. The van der Waals surface area contributed by atoms with Gasteiger partial charge in [-0.25, -0.2) is 13.6 Å². The molecule has 0 saturated carbocycles. The van der Waals surface area contributed by atoms with Crippen LogP contribution in [0.25, 0.3) is 0 Å². The molecule has 0 amide bonds. The van der Waals surface area contributed by atoms with Crippen LogP contribution in [-0.4, -0.2) is 52.8 Å². The van der Waals surface area contributed by atoms with Gasteiger partial charge in [0.05, 0.1) is 0 Å². The summed E-state index contributed by atoms with van der Waals surface area (Å²) in [6, 6.07) is 0. The summed E-state index contributed by atoms with van der Waals surface area (Å²) in [5, 5.41) is 7.63. The van der Waals surface area contributed by atoms with Crippen LogP contribution >= 0.6 is 0 Å². The highest BCUT2D eigenvalue weighted by atomic mass is 19.4. The van der Waals surface area contributed by atoms with Crippen molar-refractivity contribution in [2.75, 3.05) is 0 Å². The van der Waals surface area contributed by atoms with E-state index in [2.05, 4.69) is 0 Å². The largest absolute Gasteiger partial charge is 0.477 e. The summed E-state index contributed by atoms with van der Waals surface area (Å²) in [6.45, 7) is 0. The molecule has 0 aromatic heterocycles. The zero-order chi connectivity index (χ0) is 21.1. The lowest BCUT2D eigenvalue weighted by Gasteiger charge is -2.45. The topological polar surface area (TPSA) is 37.3 Å². The maximum absolute atomic E-state index is 13.5. The minimum atomic E-state index is -8.76. The van der Waals surface area contributed by atoms with Gasteiger partial charge in [0, 0.05) is 0 Å². The molecule has 0 bridgehead atoms. The Morgan fingerprint density at radius 2 is 0.760 bits per heavy atom. The van der Waals surface area contributed by atoms with Gasteiger partial charge in [-0.2, -0.15) is 57.1 Å². The lowest BCUT2D eigenvalue weighted by molar-refractivity contribution is -0.459. The first-order valence-electron chi connectivity index (χ1n) is 5.01. The number of carboxylic acid groups (broad SMARTS) is 1. The van der Waals surface area contributed by atoms with Crippen LogP contribution in [0, 0.1) is 0 Å². The molecule has 0 aliphatic heterocycles. The van der Waals surface area contributed by atoms with E-state index in [0.717, 1.165) is 0 Å². The first kappa shape index (κ1) is 23.4. The van der Waals surface area contributed by atoms with Crippen molar-refractivity contribution in [3.63, 3.8) is 0 Å². The molecule has 0 aliphatic carbocycles. The Bertz CT molecular complexity index is 511. The lowest BCUT2D eigenvalue weighted by Crippen LogP contribution is -2.80.